The molecule has 0 atom stereocenters. The van der Waals surface area contributed by atoms with Crippen molar-refractivity contribution in [3.05, 3.63) is 77.4 Å². The predicted molar refractivity (Wildman–Crippen MR) is 116 cm³/mol. The van der Waals surface area contributed by atoms with Crippen molar-refractivity contribution < 1.29 is 31.5 Å². The number of fused-ring (bicyclic) bond motifs is 1. The van der Waals surface area contributed by atoms with Crippen LogP contribution in [-0.4, -0.2) is 23.1 Å². The molecule has 1 heterocycles. The fraction of sp³-hybridized carbons (Fsp3) is 0.0455. The van der Waals surface area contributed by atoms with E-state index >= 15 is 0 Å². The van der Waals surface area contributed by atoms with Crippen molar-refractivity contribution in [2.24, 2.45) is 0 Å². The number of ether oxygens (including phenoxy) is 1. The van der Waals surface area contributed by atoms with Gasteiger partial charge in [0.05, 0.1) is 7.11 Å². The summed E-state index contributed by atoms with van der Waals surface area (Å²) in [4.78, 5) is 16.6. The van der Waals surface area contributed by atoms with Crippen molar-refractivity contribution in [3.63, 3.8) is 0 Å². The zero-order valence-corrected chi connectivity index (χ0v) is 17.5. The molecular formula is C22H13F4N3O3S. The van der Waals surface area contributed by atoms with Crippen molar-refractivity contribution in [3.8, 4) is 17.2 Å². The molecule has 4 aromatic rings. The Hall–Kier alpha value is -3.99. The van der Waals surface area contributed by atoms with E-state index in [0.29, 0.717) is 22.7 Å². The minimum Gasteiger partial charge on any atom is -0.491 e. The van der Waals surface area contributed by atoms with E-state index in [1.54, 1.807) is 18.2 Å². The normalized spacial score (nSPS) is 10.8. The van der Waals surface area contributed by atoms with Crippen LogP contribution in [0.1, 0.15) is 10.4 Å². The van der Waals surface area contributed by atoms with E-state index in [4.69, 9.17) is 16.6 Å². The number of halogens is 4. The number of oxazole rings is 1. The Morgan fingerprint density at radius 3 is 2.30 bits per heavy atom. The molecule has 1 amide bonds. The molecule has 168 valence electrons. The number of carbonyl (C=O) groups excluding carboxylic acids is 1. The molecule has 0 fully saturated rings. The third kappa shape index (κ3) is 4.22. The van der Waals surface area contributed by atoms with Gasteiger partial charge in [0, 0.05) is 11.3 Å². The molecule has 0 aliphatic carbocycles. The summed E-state index contributed by atoms with van der Waals surface area (Å²) >= 11 is 4.97. The van der Waals surface area contributed by atoms with E-state index in [2.05, 4.69) is 15.0 Å². The molecular weight excluding hydrogens is 462 g/mol. The summed E-state index contributed by atoms with van der Waals surface area (Å²) in [7, 11) is 0.827. The van der Waals surface area contributed by atoms with Crippen molar-refractivity contribution >= 4 is 40.0 Å². The van der Waals surface area contributed by atoms with Gasteiger partial charge in [0.2, 0.25) is 17.5 Å². The van der Waals surface area contributed by atoms with Crippen LogP contribution in [0.3, 0.4) is 0 Å². The van der Waals surface area contributed by atoms with E-state index < -0.39 is 40.5 Å². The molecule has 0 unspecified atom stereocenters. The van der Waals surface area contributed by atoms with Crippen LogP contribution in [-0.2, 0) is 0 Å². The van der Waals surface area contributed by atoms with E-state index in [1.165, 1.54) is 0 Å². The highest BCUT2D eigenvalue weighted by Crippen LogP contribution is 2.30. The van der Waals surface area contributed by atoms with Gasteiger partial charge >= 0.3 is 0 Å². The monoisotopic (exact) mass is 475 g/mol. The van der Waals surface area contributed by atoms with Gasteiger partial charge in [-0.3, -0.25) is 10.1 Å². The Kier molecular flexibility index (Phi) is 5.97. The second kappa shape index (κ2) is 8.87. The molecule has 0 spiro atoms. The molecule has 0 radical (unpaired) electrons. The number of benzene rings is 3. The predicted octanol–water partition coefficient (Wildman–Crippen LogP) is 5.19. The van der Waals surface area contributed by atoms with Gasteiger partial charge in [-0.25, -0.2) is 13.8 Å². The minimum absolute atomic E-state index is 0.369. The average molecular weight is 475 g/mol. The van der Waals surface area contributed by atoms with Gasteiger partial charge in [0.15, 0.2) is 28.1 Å². The third-order valence-electron chi connectivity index (χ3n) is 4.55. The Morgan fingerprint density at radius 2 is 1.67 bits per heavy atom. The molecule has 11 heteroatoms. The molecule has 0 saturated heterocycles. The molecule has 1 aromatic heterocycles. The largest absolute Gasteiger partial charge is 0.491 e. The van der Waals surface area contributed by atoms with Crippen LogP contribution in [0, 0.1) is 23.3 Å². The zero-order valence-electron chi connectivity index (χ0n) is 16.7. The second-order valence-electron chi connectivity index (χ2n) is 6.64. The quantitative estimate of drug-likeness (QED) is 0.241. The summed E-state index contributed by atoms with van der Waals surface area (Å²) in [6.07, 6.45) is 0. The number of carbonyl (C=O) groups is 1. The summed E-state index contributed by atoms with van der Waals surface area (Å²) in [6.45, 7) is 0. The number of rotatable bonds is 4. The highest BCUT2D eigenvalue weighted by atomic mass is 32.1. The first-order chi connectivity index (χ1) is 15.8. The zero-order chi connectivity index (χ0) is 23.7. The molecule has 6 nitrogen and oxygen atoms in total. The summed E-state index contributed by atoms with van der Waals surface area (Å²) < 4.78 is 66.0. The standard InChI is InChI=1S/C22H13F4N3O3S/c1-31-19-17(25)15(23)14(16(24)18(19)26)20(30)29-22(33)27-11-7-8-13-12(9-11)28-21(32-13)10-5-3-2-4-6-10/h2-9H,1H3,(H2,27,29,30,33). The maximum atomic E-state index is 14.1. The lowest BCUT2D eigenvalue weighted by molar-refractivity contribution is 0.0966. The summed E-state index contributed by atoms with van der Waals surface area (Å²) in [6, 6.07) is 13.9. The number of amides is 1. The average Bonchev–Trinajstić information content (AvgIpc) is 3.22. The Balaban J connectivity index is 1.53. The molecule has 0 aliphatic rings. The highest BCUT2D eigenvalue weighted by Gasteiger charge is 2.30. The van der Waals surface area contributed by atoms with E-state index in [-0.39, 0.29) is 5.11 Å². The summed E-state index contributed by atoms with van der Waals surface area (Å²) in [5.74, 6) is -9.88. The number of nitrogens with one attached hydrogen (secondary N) is 2. The van der Waals surface area contributed by atoms with Gasteiger partial charge in [-0.15, -0.1) is 0 Å². The molecule has 0 saturated carbocycles. The number of hydrogen-bond donors (Lipinski definition) is 2. The van der Waals surface area contributed by atoms with Crippen molar-refractivity contribution in [2.75, 3.05) is 12.4 Å². The molecule has 33 heavy (non-hydrogen) atoms. The Bertz CT molecular complexity index is 1360. The van der Waals surface area contributed by atoms with E-state index in [1.807, 2.05) is 35.6 Å². The van der Waals surface area contributed by atoms with Crippen molar-refractivity contribution in [1.29, 1.82) is 0 Å². The molecule has 0 aliphatic heterocycles. The Labute approximate surface area is 189 Å². The minimum atomic E-state index is -1.91. The van der Waals surface area contributed by atoms with Gasteiger partial charge in [0.25, 0.3) is 5.91 Å². The van der Waals surface area contributed by atoms with Crippen LogP contribution in [0.5, 0.6) is 5.75 Å². The second-order valence-corrected chi connectivity index (χ2v) is 7.05. The number of thiocarbonyl (C=S) groups is 1. The van der Waals surface area contributed by atoms with Gasteiger partial charge in [0.1, 0.15) is 11.1 Å². The van der Waals surface area contributed by atoms with Crippen LogP contribution in [0.15, 0.2) is 52.9 Å². The van der Waals surface area contributed by atoms with Crippen LogP contribution < -0.4 is 15.4 Å². The lowest BCUT2D eigenvalue weighted by Crippen LogP contribution is -2.35. The van der Waals surface area contributed by atoms with Crippen LogP contribution >= 0.6 is 12.2 Å². The lowest BCUT2D eigenvalue weighted by Gasteiger charge is -2.12. The van der Waals surface area contributed by atoms with Gasteiger partial charge in [-0.2, -0.15) is 8.78 Å². The Morgan fingerprint density at radius 1 is 1.00 bits per heavy atom. The van der Waals surface area contributed by atoms with Gasteiger partial charge in [-0.05, 0) is 42.5 Å². The van der Waals surface area contributed by atoms with E-state index in [0.717, 1.165) is 12.7 Å². The first-order valence-corrected chi connectivity index (χ1v) is 9.69. The van der Waals surface area contributed by atoms with Crippen molar-refractivity contribution in [2.45, 2.75) is 0 Å². The number of aromatic nitrogens is 1. The summed E-state index contributed by atoms with van der Waals surface area (Å²) in [5.41, 5.74) is 0.629. The van der Waals surface area contributed by atoms with Crippen LogP contribution in [0.2, 0.25) is 0 Å². The number of nitrogens with zero attached hydrogens (tertiary/aromatic N) is 1. The third-order valence-corrected chi connectivity index (χ3v) is 4.75. The maximum Gasteiger partial charge on any atom is 0.263 e. The van der Waals surface area contributed by atoms with Crippen LogP contribution in [0.4, 0.5) is 23.2 Å². The first-order valence-electron chi connectivity index (χ1n) is 9.28. The summed E-state index contributed by atoms with van der Waals surface area (Å²) in [5, 5.41) is 4.24. The molecule has 4 rings (SSSR count). The smallest absolute Gasteiger partial charge is 0.263 e. The molecule has 2 N–H and O–H groups in total. The number of methoxy groups -OCH3 is 1. The van der Waals surface area contributed by atoms with Gasteiger partial charge < -0.3 is 14.5 Å². The van der Waals surface area contributed by atoms with Crippen LogP contribution in [0.25, 0.3) is 22.6 Å². The fourth-order valence-corrected chi connectivity index (χ4v) is 3.24. The lowest BCUT2D eigenvalue weighted by atomic mass is 10.1. The maximum absolute atomic E-state index is 14.1. The highest BCUT2D eigenvalue weighted by molar-refractivity contribution is 7.80. The molecule has 0 bridgehead atoms. The fourth-order valence-electron chi connectivity index (χ4n) is 3.03. The first kappa shape index (κ1) is 22.2. The van der Waals surface area contributed by atoms with Crippen molar-refractivity contribution in [1.82, 2.24) is 10.3 Å². The molecule has 3 aromatic carbocycles. The number of anilines is 1. The SMILES string of the molecule is COc1c(F)c(F)c(C(=O)NC(=S)Nc2ccc3oc(-c4ccccc4)nc3c2)c(F)c1F. The number of hydrogen-bond acceptors (Lipinski definition) is 5. The van der Waals surface area contributed by atoms with E-state index in [9.17, 15) is 22.4 Å². The van der Waals surface area contributed by atoms with Gasteiger partial charge in [-0.1, -0.05) is 18.2 Å². The topological polar surface area (TPSA) is 76.4 Å².